The number of nitrogens with zero attached hydrogens (tertiary/aromatic N) is 2. The fourth-order valence-corrected chi connectivity index (χ4v) is 1.87. The third-order valence-corrected chi connectivity index (χ3v) is 2.71. The first-order chi connectivity index (χ1) is 7.76. The van der Waals surface area contributed by atoms with Crippen LogP contribution in [0.4, 0.5) is 4.39 Å². The maximum atomic E-state index is 13.1. The molecule has 0 aliphatic carbocycles. The number of nitrogens with two attached hydrogens (primary N) is 1. The molecule has 0 aliphatic rings. The lowest BCUT2D eigenvalue weighted by atomic mass is 10.3. The van der Waals surface area contributed by atoms with Gasteiger partial charge in [-0.2, -0.15) is 0 Å². The van der Waals surface area contributed by atoms with Crippen molar-refractivity contribution in [3.63, 3.8) is 0 Å². The van der Waals surface area contributed by atoms with Crippen molar-refractivity contribution in [3.05, 3.63) is 29.8 Å². The third kappa shape index (κ3) is 1.93. The lowest BCUT2D eigenvalue weighted by Gasteiger charge is -2.06. The van der Waals surface area contributed by atoms with Gasteiger partial charge in [-0.05, 0) is 18.6 Å². The fraction of sp³-hybridized carbons (Fsp3) is 0.417. The van der Waals surface area contributed by atoms with Crippen molar-refractivity contribution >= 4 is 11.0 Å². The summed E-state index contributed by atoms with van der Waals surface area (Å²) in [7, 11) is 0. The number of hydrogen-bond donors (Lipinski definition) is 1. The zero-order valence-corrected chi connectivity index (χ0v) is 9.41. The zero-order valence-electron chi connectivity index (χ0n) is 9.41. The summed E-state index contributed by atoms with van der Waals surface area (Å²) in [5, 5.41) is 0. The van der Waals surface area contributed by atoms with Crippen molar-refractivity contribution in [2.45, 2.75) is 32.9 Å². The minimum absolute atomic E-state index is 0.254. The van der Waals surface area contributed by atoms with Crippen molar-refractivity contribution < 1.29 is 4.39 Å². The van der Waals surface area contributed by atoms with Gasteiger partial charge in [0.05, 0.1) is 17.6 Å². The topological polar surface area (TPSA) is 43.8 Å². The number of rotatable bonds is 4. The van der Waals surface area contributed by atoms with Gasteiger partial charge in [-0.1, -0.05) is 13.3 Å². The van der Waals surface area contributed by atoms with E-state index in [2.05, 4.69) is 16.5 Å². The van der Waals surface area contributed by atoms with E-state index in [0.29, 0.717) is 12.1 Å². The molecule has 1 heterocycles. The van der Waals surface area contributed by atoms with Crippen molar-refractivity contribution in [3.8, 4) is 0 Å². The van der Waals surface area contributed by atoms with Gasteiger partial charge in [0.15, 0.2) is 0 Å². The van der Waals surface area contributed by atoms with E-state index in [0.717, 1.165) is 30.7 Å². The Bertz CT molecular complexity index is 490. The van der Waals surface area contributed by atoms with Crippen LogP contribution in [0.2, 0.25) is 0 Å². The van der Waals surface area contributed by atoms with Crippen molar-refractivity contribution in [2.75, 3.05) is 0 Å². The van der Waals surface area contributed by atoms with Crippen molar-refractivity contribution in [1.29, 1.82) is 0 Å². The van der Waals surface area contributed by atoms with Crippen LogP contribution in [0, 0.1) is 5.82 Å². The van der Waals surface area contributed by atoms with Crippen LogP contribution in [-0.4, -0.2) is 9.55 Å². The van der Waals surface area contributed by atoms with Gasteiger partial charge in [-0.25, -0.2) is 9.37 Å². The molecule has 3 nitrogen and oxygen atoms in total. The second-order valence-corrected chi connectivity index (χ2v) is 3.87. The van der Waals surface area contributed by atoms with E-state index in [1.807, 2.05) is 0 Å². The minimum atomic E-state index is -0.254. The van der Waals surface area contributed by atoms with Gasteiger partial charge in [0, 0.05) is 12.6 Å². The highest BCUT2D eigenvalue weighted by molar-refractivity contribution is 5.76. The molecule has 16 heavy (non-hydrogen) atoms. The predicted molar refractivity (Wildman–Crippen MR) is 62.5 cm³/mol. The van der Waals surface area contributed by atoms with Crippen LogP contribution in [0.25, 0.3) is 11.0 Å². The van der Waals surface area contributed by atoms with Gasteiger partial charge in [0.2, 0.25) is 0 Å². The number of unbranched alkanes of at least 4 members (excludes halogenated alkanes) is 1. The summed E-state index contributed by atoms with van der Waals surface area (Å²) in [6.07, 6.45) is 2.20. The van der Waals surface area contributed by atoms with Crippen LogP contribution in [0.15, 0.2) is 18.2 Å². The maximum absolute atomic E-state index is 13.1. The lowest BCUT2D eigenvalue weighted by Crippen LogP contribution is -2.08. The molecule has 1 aromatic heterocycles. The van der Waals surface area contributed by atoms with Crippen LogP contribution < -0.4 is 5.73 Å². The number of aromatic nitrogens is 2. The molecule has 4 heteroatoms. The quantitative estimate of drug-likeness (QED) is 0.861. The molecule has 0 aliphatic heterocycles. The van der Waals surface area contributed by atoms with Crippen molar-refractivity contribution in [1.82, 2.24) is 9.55 Å². The first-order valence-corrected chi connectivity index (χ1v) is 5.61. The molecule has 0 bridgehead atoms. The Hall–Kier alpha value is -1.42. The minimum Gasteiger partial charge on any atom is -0.327 e. The summed E-state index contributed by atoms with van der Waals surface area (Å²) >= 11 is 0. The standard InChI is InChI=1S/C12H16FN3/c1-2-3-6-16-11-5-4-9(13)7-10(11)15-12(16)8-14/h4-5,7H,2-3,6,8,14H2,1H3. The summed E-state index contributed by atoms with van der Waals surface area (Å²) in [4.78, 5) is 4.34. The second-order valence-electron chi connectivity index (χ2n) is 3.87. The van der Waals surface area contributed by atoms with Crippen LogP contribution >= 0.6 is 0 Å². The summed E-state index contributed by atoms with van der Waals surface area (Å²) in [5.41, 5.74) is 7.31. The van der Waals surface area contributed by atoms with Crippen LogP contribution in [0.1, 0.15) is 25.6 Å². The summed E-state index contributed by atoms with van der Waals surface area (Å²) < 4.78 is 15.1. The number of benzene rings is 1. The molecule has 86 valence electrons. The molecule has 0 amide bonds. The molecule has 0 fully saturated rings. The summed E-state index contributed by atoms with van der Waals surface area (Å²) in [5.74, 6) is 0.574. The molecule has 2 rings (SSSR count). The number of aryl methyl sites for hydroxylation is 1. The number of fused-ring (bicyclic) bond motifs is 1. The molecule has 0 spiro atoms. The third-order valence-electron chi connectivity index (χ3n) is 2.71. The Morgan fingerprint density at radius 3 is 2.94 bits per heavy atom. The predicted octanol–water partition coefficient (Wildman–Crippen LogP) is 2.43. The van der Waals surface area contributed by atoms with Gasteiger partial charge in [-0.3, -0.25) is 0 Å². The van der Waals surface area contributed by atoms with E-state index in [1.165, 1.54) is 12.1 Å². The van der Waals surface area contributed by atoms with Crippen molar-refractivity contribution in [2.24, 2.45) is 5.73 Å². The Morgan fingerprint density at radius 1 is 1.44 bits per heavy atom. The number of hydrogen-bond acceptors (Lipinski definition) is 2. The Morgan fingerprint density at radius 2 is 2.25 bits per heavy atom. The van der Waals surface area contributed by atoms with Crippen LogP contribution in [-0.2, 0) is 13.1 Å². The van der Waals surface area contributed by atoms with Crippen LogP contribution in [0.3, 0.4) is 0 Å². The molecular formula is C12H16FN3. The molecule has 0 unspecified atom stereocenters. The van der Waals surface area contributed by atoms with E-state index < -0.39 is 0 Å². The Kier molecular flexibility index (Phi) is 3.19. The first kappa shape index (κ1) is 11.1. The van der Waals surface area contributed by atoms with Gasteiger partial charge in [0.1, 0.15) is 11.6 Å². The molecule has 0 atom stereocenters. The van der Waals surface area contributed by atoms with E-state index in [9.17, 15) is 4.39 Å². The van der Waals surface area contributed by atoms with Gasteiger partial charge in [0.25, 0.3) is 0 Å². The first-order valence-electron chi connectivity index (χ1n) is 5.61. The monoisotopic (exact) mass is 221 g/mol. The Labute approximate surface area is 94.1 Å². The Balaban J connectivity index is 2.50. The van der Waals surface area contributed by atoms with E-state index in [-0.39, 0.29) is 5.82 Å². The van der Waals surface area contributed by atoms with E-state index in [4.69, 9.17) is 5.73 Å². The molecule has 0 saturated heterocycles. The SMILES string of the molecule is CCCCn1c(CN)nc2cc(F)ccc21. The van der Waals surface area contributed by atoms with Gasteiger partial charge < -0.3 is 10.3 Å². The molecule has 1 aromatic carbocycles. The smallest absolute Gasteiger partial charge is 0.125 e. The zero-order chi connectivity index (χ0) is 11.5. The van der Waals surface area contributed by atoms with Crippen LogP contribution in [0.5, 0.6) is 0 Å². The van der Waals surface area contributed by atoms with Gasteiger partial charge >= 0.3 is 0 Å². The highest BCUT2D eigenvalue weighted by Gasteiger charge is 2.09. The summed E-state index contributed by atoms with van der Waals surface area (Å²) in [6.45, 7) is 3.42. The average molecular weight is 221 g/mol. The van der Waals surface area contributed by atoms with Gasteiger partial charge in [-0.15, -0.1) is 0 Å². The average Bonchev–Trinajstić information content (AvgIpc) is 2.63. The highest BCUT2D eigenvalue weighted by Crippen LogP contribution is 2.18. The lowest BCUT2D eigenvalue weighted by molar-refractivity contribution is 0.616. The molecule has 0 saturated carbocycles. The number of imidazole rings is 1. The molecule has 0 radical (unpaired) electrons. The molecule has 2 N–H and O–H groups in total. The second kappa shape index (κ2) is 4.61. The molecular weight excluding hydrogens is 205 g/mol. The maximum Gasteiger partial charge on any atom is 0.125 e. The summed E-state index contributed by atoms with van der Waals surface area (Å²) in [6, 6.07) is 4.69. The van der Waals surface area contributed by atoms with E-state index >= 15 is 0 Å². The normalized spacial score (nSPS) is 11.2. The molecule has 2 aromatic rings. The highest BCUT2D eigenvalue weighted by atomic mass is 19.1. The number of halogens is 1. The largest absolute Gasteiger partial charge is 0.327 e. The van der Waals surface area contributed by atoms with E-state index in [1.54, 1.807) is 6.07 Å². The fourth-order valence-electron chi connectivity index (χ4n) is 1.87.